The maximum Gasteiger partial charge on any atom is 0.216 e. The minimum absolute atomic E-state index is 0.0811. The predicted molar refractivity (Wildman–Crippen MR) is 66.5 cm³/mol. The van der Waals surface area contributed by atoms with Crippen LogP contribution in [0, 0.1) is 0 Å². The van der Waals surface area contributed by atoms with Gasteiger partial charge in [-0.2, -0.15) is 0 Å². The summed E-state index contributed by atoms with van der Waals surface area (Å²) in [4.78, 5) is 21.2. The number of aliphatic hydroxyl groups excluding tert-OH is 2. The van der Waals surface area contributed by atoms with Gasteiger partial charge in [-0.05, 0) is 6.07 Å². The molecule has 0 aliphatic carbocycles. The number of carbonyl (C=O) groups excluding carboxylic acids is 2. The molecule has 5 nitrogen and oxygen atoms in total. The van der Waals surface area contributed by atoms with Gasteiger partial charge in [-0.15, -0.1) is 0 Å². The lowest BCUT2D eigenvalue weighted by Gasteiger charge is -2.19. The van der Waals surface area contributed by atoms with E-state index >= 15 is 0 Å². The third-order valence-electron chi connectivity index (χ3n) is 2.40. The van der Waals surface area contributed by atoms with Gasteiger partial charge in [-0.3, -0.25) is 9.59 Å². The number of nitrogens with one attached hydrogen (secondary N) is 1. The van der Waals surface area contributed by atoms with Crippen LogP contribution in [0.1, 0.15) is 28.9 Å². The molecule has 0 saturated carbocycles. The van der Waals surface area contributed by atoms with Crippen LogP contribution >= 0.6 is 11.6 Å². The monoisotopic (exact) mass is 271 g/mol. The molecule has 0 aromatic heterocycles. The van der Waals surface area contributed by atoms with E-state index < -0.39 is 12.2 Å². The lowest BCUT2D eigenvalue weighted by atomic mass is 10.0. The Morgan fingerprint density at radius 3 is 2.67 bits per heavy atom. The molecule has 1 aromatic carbocycles. The molecule has 0 aliphatic rings. The largest absolute Gasteiger partial charge is 0.388 e. The Morgan fingerprint density at radius 1 is 1.50 bits per heavy atom. The number of carbonyl (C=O) groups is 2. The zero-order valence-electron chi connectivity index (χ0n) is 9.76. The van der Waals surface area contributed by atoms with Gasteiger partial charge in [0.2, 0.25) is 5.91 Å². The molecule has 0 radical (unpaired) electrons. The predicted octanol–water partition coefficient (Wildman–Crippen LogP) is 0.683. The third kappa shape index (κ3) is 3.80. The molecule has 2 atom stereocenters. The van der Waals surface area contributed by atoms with Crippen molar-refractivity contribution in [2.45, 2.75) is 19.1 Å². The Kier molecular flexibility index (Phi) is 5.27. The van der Waals surface area contributed by atoms with Crippen molar-refractivity contribution >= 4 is 23.8 Å². The quantitative estimate of drug-likeness (QED) is 0.688. The number of halogens is 1. The second-order valence-corrected chi connectivity index (χ2v) is 4.26. The van der Waals surface area contributed by atoms with Crippen molar-refractivity contribution in [3.05, 3.63) is 34.3 Å². The minimum atomic E-state index is -1.23. The number of aldehydes is 1. The highest BCUT2D eigenvalue weighted by atomic mass is 35.5. The molecule has 1 amide bonds. The number of hydrogen-bond acceptors (Lipinski definition) is 4. The van der Waals surface area contributed by atoms with E-state index in [2.05, 4.69) is 5.32 Å². The SMILES string of the molecule is CC(=O)NCC(O)C(O)c1ccc(C=O)cc1Cl. The summed E-state index contributed by atoms with van der Waals surface area (Å²) in [6.07, 6.45) is -1.77. The lowest BCUT2D eigenvalue weighted by molar-refractivity contribution is -0.119. The molecule has 1 aromatic rings. The van der Waals surface area contributed by atoms with E-state index in [0.29, 0.717) is 17.4 Å². The van der Waals surface area contributed by atoms with Crippen molar-refractivity contribution in [3.63, 3.8) is 0 Å². The third-order valence-corrected chi connectivity index (χ3v) is 2.73. The number of benzene rings is 1. The molecular weight excluding hydrogens is 258 g/mol. The molecule has 2 unspecified atom stereocenters. The van der Waals surface area contributed by atoms with Crippen LogP contribution in [0.2, 0.25) is 5.02 Å². The van der Waals surface area contributed by atoms with Gasteiger partial charge in [-0.1, -0.05) is 23.7 Å². The Balaban J connectivity index is 2.79. The van der Waals surface area contributed by atoms with Crippen molar-refractivity contribution < 1.29 is 19.8 Å². The first-order valence-electron chi connectivity index (χ1n) is 5.31. The molecule has 0 aliphatic heterocycles. The minimum Gasteiger partial charge on any atom is -0.388 e. The van der Waals surface area contributed by atoms with Crippen LogP contribution in [0.5, 0.6) is 0 Å². The maximum atomic E-state index is 10.7. The van der Waals surface area contributed by atoms with Crippen LogP contribution in [0.3, 0.4) is 0 Å². The average Bonchev–Trinajstić information content (AvgIpc) is 2.34. The summed E-state index contributed by atoms with van der Waals surface area (Å²) in [5.74, 6) is -0.302. The Morgan fingerprint density at radius 2 is 2.17 bits per heavy atom. The van der Waals surface area contributed by atoms with Crippen LogP contribution in [-0.2, 0) is 4.79 Å². The summed E-state index contributed by atoms with van der Waals surface area (Å²) in [6, 6.07) is 4.36. The van der Waals surface area contributed by atoms with Crippen molar-refractivity contribution in [2.24, 2.45) is 0 Å². The number of hydrogen-bond donors (Lipinski definition) is 3. The maximum absolute atomic E-state index is 10.7. The molecule has 1 rings (SSSR count). The van der Waals surface area contributed by atoms with Gasteiger partial charge in [0.25, 0.3) is 0 Å². The van der Waals surface area contributed by atoms with Gasteiger partial charge in [-0.25, -0.2) is 0 Å². The molecular formula is C12H14ClNO4. The van der Waals surface area contributed by atoms with E-state index in [1.54, 1.807) is 0 Å². The van der Waals surface area contributed by atoms with Gasteiger partial charge in [0.1, 0.15) is 18.5 Å². The Hall–Kier alpha value is -1.43. The van der Waals surface area contributed by atoms with E-state index in [4.69, 9.17) is 11.6 Å². The van der Waals surface area contributed by atoms with Crippen LogP contribution in [-0.4, -0.2) is 35.1 Å². The first-order valence-corrected chi connectivity index (χ1v) is 5.68. The Labute approximate surface area is 109 Å². The molecule has 18 heavy (non-hydrogen) atoms. The van der Waals surface area contributed by atoms with Crippen molar-refractivity contribution in [1.29, 1.82) is 0 Å². The average molecular weight is 272 g/mol. The molecule has 0 saturated heterocycles. The van der Waals surface area contributed by atoms with Gasteiger partial charge >= 0.3 is 0 Å². The van der Waals surface area contributed by atoms with Crippen LogP contribution in [0.4, 0.5) is 0 Å². The van der Waals surface area contributed by atoms with Crippen LogP contribution in [0.15, 0.2) is 18.2 Å². The number of rotatable bonds is 5. The topological polar surface area (TPSA) is 86.6 Å². The fourth-order valence-electron chi connectivity index (χ4n) is 1.42. The first-order chi connectivity index (χ1) is 8.45. The highest BCUT2D eigenvalue weighted by Crippen LogP contribution is 2.26. The smallest absolute Gasteiger partial charge is 0.216 e. The highest BCUT2D eigenvalue weighted by molar-refractivity contribution is 6.31. The molecule has 0 fully saturated rings. The van der Waals surface area contributed by atoms with Crippen molar-refractivity contribution in [1.82, 2.24) is 5.32 Å². The molecule has 3 N–H and O–H groups in total. The standard InChI is InChI=1S/C12H14ClNO4/c1-7(16)14-5-11(17)12(18)9-3-2-8(6-15)4-10(9)13/h2-4,6,11-12,17-18H,5H2,1H3,(H,14,16). The van der Waals surface area contributed by atoms with Crippen molar-refractivity contribution in [3.8, 4) is 0 Å². The summed E-state index contributed by atoms with van der Waals surface area (Å²) >= 11 is 5.89. The highest BCUT2D eigenvalue weighted by Gasteiger charge is 2.21. The van der Waals surface area contributed by atoms with Gasteiger partial charge < -0.3 is 15.5 Å². The summed E-state index contributed by atoms with van der Waals surface area (Å²) in [7, 11) is 0. The molecule has 98 valence electrons. The summed E-state index contributed by atoms with van der Waals surface area (Å²) in [5.41, 5.74) is 0.687. The summed E-state index contributed by atoms with van der Waals surface area (Å²) in [5, 5.41) is 22.1. The van der Waals surface area contributed by atoms with E-state index in [1.807, 2.05) is 0 Å². The van der Waals surface area contributed by atoms with E-state index in [1.165, 1.54) is 25.1 Å². The molecule has 0 heterocycles. The van der Waals surface area contributed by atoms with E-state index in [9.17, 15) is 19.8 Å². The summed E-state index contributed by atoms with van der Waals surface area (Å²) < 4.78 is 0. The Bertz CT molecular complexity index is 450. The zero-order chi connectivity index (χ0) is 13.7. The number of amides is 1. The normalized spacial score (nSPS) is 13.8. The lowest BCUT2D eigenvalue weighted by Crippen LogP contribution is -2.34. The molecule has 0 spiro atoms. The second-order valence-electron chi connectivity index (χ2n) is 3.85. The number of aliphatic hydroxyl groups is 2. The first kappa shape index (κ1) is 14.6. The fourth-order valence-corrected chi connectivity index (χ4v) is 1.72. The van der Waals surface area contributed by atoms with Crippen LogP contribution < -0.4 is 5.32 Å². The fraction of sp³-hybridized carbons (Fsp3) is 0.333. The van der Waals surface area contributed by atoms with Gasteiger partial charge in [0.15, 0.2) is 0 Å². The van der Waals surface area contributed by atoms with E-state index in [-0.39, 0.29) is 17.5 Å². The molecule has 6 heteroatoms. The molecule has 0 bridgehead atoms. The van der Waals surface area contributed by atoms with Gasteiger partial charge in [0, 0.05) is 29.6 Å². The summed E-state index contributed by atoms with van der Waals surface area (Å²) in [6.45, 7) is 1.23. The van der Waals surface area contributed by atoms with Crippen LogP contribution in [0.25, 0.3) is 0 Å². The van der Waals surface area contributed by atoms with E-state index in [0.717, 1.165) is 0 Å². The second kappa shape index (κ2) is 6.49. The van der Waals surface area contributed by atoms with Gasteiger partial charge in [0.05, 0.1) is 0 Å². The zero-order valence-corrected chi connectivity index (χ0v) is 10.5. The van der Waals surface area contributed by atoms with Crippen molar-refractivity contribution in [2.75, 3.05) is 6.54 Å².